The number of phosphoric acid groups is 1. The fraction of sp³-hybridized carbons (Fsp3) is 0.707. The van der Waals surface area contributed by atoms with Crippen molar-refractivity contribution in [3.05, 3.63) is 60.8 Å². The predicted molar refractivity (Wildman–Crippen MR) is 207 cm³/mol. The van der Waals surface area contributed by atoms with Gasteiger partial charge in [0, 0.05) is 12.8 Å². The molecule has 0 saturated carbocycles. The largest absolute Gasteiger partial charge is 0.469 e. The van der Waals surface area contributed by atoms with Gasteiger partial charge in [0.05, 0.1) is 6.61 Å². The van der Waals surface area contributed by atoms with Crippen LogP contribution in [0.25, 0.3) is 0 Å². The number of carbonyl (C=O) groups is 2. The molecule has 0 aliphatic rings. The molecule has 0 bridgehead atoms. The van der Waals surface area contributed by atoms with Gasteiger partial charge in [0.25, 0.3) is 0 Å². The summed E-state index contributed by atoms with van der Waals surface area (Å²) in [7, 11) is -4.77. The Labute approximate surface area is 305 Å². The first-order valence-electron chi connectivity index (χ1n) is 19.6. The molecule has 0 rings (SSSR count). The van der Waals surface area contributed by atoms with Gasteiger partial charge >= 0.3 is 19.8 Å². The molecule has 8 nitrogen and oxygen atoms in total. The van der Waals surface area contributed by atoms with Gasteiger partial charge in [-0.2, -0.15) is 0 Å². The molecule has 288 valence electrons. The van der Waals surface area contributed by atoms with Gasteiger partial charge < -0.3 is 19.3 Å². The van der Waals surface area contributed by atoms with E-state index in [-0.39, 0.29) is 19.4 Å². The second-order valence-electron chi connectivity index (χ2n) is 12.9. The van der Waals surface area contributed by atoms with Crippen LogP contribution in [0.5, 0.6) is 0 Å². The quantitative estimate of drug-likeness (QED) is 0.0287. The van der Waals surface area contributed by atoms with Gasteiger partial charge in [0.2, 0.25) is 0 Å². The lowest BCUT2D eigenvalue weighted by atomic mass is 10.1. The van der Waals surface area contributed by atoms with Gasteiger partial charge in [-0.1, -0.05) is 139 Å². The molecule has 0 aromatic heterocycles. The summed E-state index contributed by atoms with van der Waals surface area (Å²) in [6.07, 6.45) is 45.1. The monoisotopic (exact) mass is 722 g/mol. The third-order valence-corrected chi connectivity index (χ3v) is 8.49. The van der Waals surface area contributed by atoms with E-state index in [9.17, 15) is 14.2 Å². The Morgan fingerprint density at radius 2 is 0.920 bits per heavy atom. The van der Waals surface area contributed by atoms with Crippen LogP contribution in [-0.4, -0.2) is 41.0 Å². The summed E-state index contributed by atoms with van der Waals surface area (Å²) in [5.41, 5.74) is 0. The van der Waals surface area contributed by atoms with Crippen molar-refractivity contribution in [2.75, 3.05) is 13.2 Å². The first-order chi connectivity index (χ1) is 24.3. The van der Waals surface area contributed by atoms with Crippen LogP contribution in [0, 0.1) is 0 Å². The molecule has 0 aliphatic heterocycles. The second-order valence-corrected chi connectivity index (χ2v) is 14.1. The number of hydrogen-bond donors (Lipinski definition) is 2. The number of phosphoric ester groups is 1. The first-order valence-corrected chi connectivity index (χ1v) is 21.1. The summed E-state index contributed by atoms with van der Waals surface area (Å²) >= 11 is 0. The topological polar surface area (TPSA) is 119 Å². The number of rotatable bonds is 35. The average molecular weight is 723 g/mol. The van der Waals surface area contributed by atoms with E-state index in [0.29, 0.717) is 12.8 Å². The summed E-state index contributed by atoms with van der Waals surface area (Å²) < 4.78 is 26.3. The summed E-state index contributed by atoms with van der Waals surface area (Å²) in [5, 5.41) is 0. The van der Waals surface area contributed by atoms with Crippen molar-refractivity contribution in [2.45, 2.75) is 174 Å². The molecule has 0 saturated heterocycles. The molecular formula is C41H71O8P. The summed E-state index contributed by atoms with van der Waals surface area (Å²) in [6.45, 7) is 3.58. The highest BCUT2D eigenvalue weighted by molar-refractivity contribution is 7.46. The van der Waals surface area contributed by atoms with Crippen molar-refractivity contribution in [3.63, 3.8) is 0 Å². The van der Waals surface area contributed by atoms with Crippen molar-refractivity contribution in [1.82, 2.24) is 0 Å². The highest BCUT2D eigenvalue weighted by Gasteiger charge is 2.22. The molecule has 0 radical (unpaired) electrons. The van der Waals surface area contributed by atoms with Crippen LogP contribution < -0.4 is 0 Å². The van der Waals surface area contributed by atoms with Crippen LogP contribution in [0.1, 0.15) is 168 Å². The molecule has 9 heteroatoms. The van der Waals surface area contributed by atoms with Crippen LogP contribution in [0.2, 0.25) is 0 Å². The van der Waals surface area contributed by atoms with Crippen molar-refractivity contribution in [3.8, 4) is 0 Å². The number of unbranched alkanes of at least 4 members (excludes halogenated alkanes) is 15. The van der Waals surface area contributed by atoms with E-state index in [0.717, 1.165) is 57.8 Å². The van der Waals surface area contributed by atoms with E-state index in [2.05, 4.69) is 73.1 Å². The van der Waals surface area contributed by atoms with Gasteiger partial charge in [-0.3, -0.25) is 14.1 Å². The fourth-order valence-electron chi connectivity index (χ4n) is 5.06. The molecule has 0 amide bonds. The number of esters is 2. The molecule has 0 spiro atoms. The zero-order chi connectivity index (χ0) is 36.8. The maximum absolute atomic E-state index is 12.4. The number of carbonyl (C=O) groups excluding carboxylic acids is 2. The molecule has 50 heavy (non-hydrogen) atoms. The molecular weight excluding hydrogens is 651 g/mol. The Morgan fingerprint density at radius 1 is 0.520 bits per heavy atom. The van der Waals surface area contributed by atoms with E-state index in [1.807, 2.05) is 6.08 Å². The van der Waals surface area contributed by atoms with E-state index < -0.39 is 32.5 Å². The maximum atomic E-state index is 12.4. The maximum Gasteiger partial charge on any atom is 0.469 e. The minimum absolute atomic E-state index is 0.187. The Balaban J connectivity index is 4.08. The first kappa shape index (κ1) is 47.8. The number of allylic oxidation sites excluding steroid dienone is 10. The van der Waals surface area contributed by atoms with E-state index in [4.69, 9.17) is 19.3 Å². The zero-order valence-electron chi connectivity index (χ0n) is 31.5. The molecule has 0 fully saturated rings. The normalized spacial score (nSPS) is 13.1. The van der Waals surface area contributed by atoms with E-state index in [1.165, 1.54) is 70.6 Å². The van der Waals surface area contributed by atoms with Crippen molar-refractivity contribution < 1.29 is 37.9 Å². The van der Waals surface area contributed by atoms with Gasteiger partial charge in [0.1, 0.15) is 6.61 Å². The van der Waals surface area contributed by atoms with Gasteiger partial charge in [0.15, 0.2) is 6.10 Å². The highest BCUT2D eigenvalue weighted by atomic mass is 31.2. The van der Waals surface area contributed by atoms with Crippen LogP contribution >= 0.6 is 7.82 Å². The third-order valence-electron chi connectivity index (χ3n) is 8.01. The summed E-state index contributed by atoms with van der Waals surface area (Å²) in [5.74, 6) is -0.964. The molecule has 1 atom stereocenters. The standard InChI is InChI=1S/C41H71O8P/c1-3-5-7-9-11-13-15-17-19-20-22-23-25-27-29-31-33-35-40(42)47-37-39(38-48-50(44,45)46)49-41(43)36-34-32-30-28-26-24-21-18-16-14-12-10-8-6-4-2/h11,13,17-19,21-23,27,29,39H,3-10,12,14-16,20,24-26,28,30-38H2,1-2H3,(H2,44,45,46)/b13-11-,19-17-,21-18-,23-22-,29-27-/t39-/m1/s1. The minimum Gasteiger partial charge on any atom is -0.462 e. The molecule has 0 heterocycles. The number of ether oxygens (including phenoxy) is 2. The smallest absolute Gasteiger partial charge is 0.462 e. The molecule has 0 unspecified atom stereocenters. The zero-order valence-corrected chi connectivity index (χ0v) is 32.4. The Hall–Kier alpha value is -2.25. The van der Waals surface area contributed by atoms with Crippen molar-refractivity contribution >= 4 is 19.8 Å². The average Bonchev–Trinajstić information content (AvgIpc) is 3.08. The van der Waals surface area contributed by atoms with E-state index in [1.54, 1.807) is 0 Å². The molecule has 0 aliphatic carbocycles. The van der Waals surface area contributed by atoms with Gasteiger partial charge in [-0.15, -0.1) is 0 Å². The van der Waals surface area contributed by atoms with Crippen LogP contribution in [0.4, 0.5) is 0 Å². The summed E-state index contributed by atoms with van der Waals surface area (Å²) in [4.78, 5) is 42.7. The predicted octanol–water partition coefficient (Wildman–Crippen LogP) is 11.7. The lowest BCUT2D eigenvalue weighted by Gasteiger charge is -2.18. The Kier molecular flexibility index (Phi) is 34.9. The second kappa shape index (κ2) is 36.5. The fourth-order valence-corrected chi connectivity index (χ4v) is 5.42. The Bertz CT molecular complexity index is 995. The lowest BCUT2D eigenvalue weighted by molar-refractivity contribution is -0.161. The summed E-state index contributed by atoms with van der Waals surface area (Å²) in [6, 6.07) is 0. The van der Waals surface area contributed by atoms with Gasteiger partial charge in [-0.05, 0) is 77.0 Å². The van der Waals surface area contributed by atoms with Crippen LogP contribution in [-0.2, 0) is 28.2 Å². The van der Waals surface area contributed by atoms with Crippen molar-refractivity contribution in [1.29, 1.82) is 0 Å². The molecule has 2 N–H and O–H groups in total. The number of hydrogen-bond acceptors (Lipinski definition) is 6. The Morgan fingerprint density at radius 3 is 1.46 bits per heavy atom. The molecule has 0 aromatic carbocycles. The lowest BCUT2D eigenvalue weighted by Crippen LogP contribution is -2.29. The molecule has 0 aromatic rings. The SMILES string of the molecule is CCCCC/C=C\C/C=C\C/C=C\C/C=C\CCCC(=O)OC[C@H](COP(=O)(O)O)OC(=O)CCCCCCC/C=C\CCCCCCCC. The van der Waals surface area contributed by atoms with Crippen molar-refractivity contribution in [2.24, 2.45) is 0 Å². The van der Waals surface area contributed by atoms with Crippen LogP contribution in [0.15, 0.2) is 60.8 Å². The van der Waals surface area contributed by atoms with Gasteiger partial charge in [-0.25, -0.2) is 4.57 Å². The third kappa shape index (κ3) is 38.6. The van der Waals surface area contributed by atoms with E-state index >= 15 is 0 Å². The highest BCUT2D eigenvalue weighted by Crippen LogP contribution is 2.36. The van der Waals surface area contributed by atoms with Crippen LogP contribution in [0.3, 0.4) is 0 Å². The minimum atomic E-state index is -4.77.